The number of methoxy groups -OCH3 is 1. The molecular formula is C20H33N3O3. The largest absolute Gasteiger partial charge is 0.497 e. The Morgan fingerprint density at radius 1 is 1.12 bits per heavy atom. The number of benzene rings is 1. The van der Waals surface area contributed by atoms with E-state index in [2.05, 4.69) is 33.0 Å². The first kappa shape index (κ1) is 22.0. The second kappa shape index (κ2) is 10.8. The van der Waals surface area contributed by atoms with Crippen LogP contribution in [-0.2, 0) is 9.59 Å². The molecule has 1 aromatic carbocycles. The number of hydrogen-bond acceptors (Lipinski definition) is 4. The van der Waals surface area contributed by atoms with Crippen molar-refractivity contribution < 1.29 is 14.3 Å². The maximum absolute atomic E-state index is 12.7. The van der Waals surface area contributed by atoms with E-state index < -0.39 is 0 Å². The monoisotopic (exact) mass is 363 g/mol. The zero-order chi connectivity index (χ0) is 19.7. The summed E-state index contributed by atoms with van der Waals surface area (Å²) in [5.74, 6) is 0.585. The van der Waals surface area contributed by atoms with Gasteiger partial charge >= 0.3 is 0 Å². The van der Waals surface area contributed by atoms with Gasteiger partial charge in [-0.3, -0.25) is 14.5 Å². The van der Waals surface area contributed by atoms with Gasteiger partial charge in [-0.1, -0.05) is 19.9 Å². The molecule has 6 heteroatoms. The highest BCUT2D eigenvalue weighted by molar-refractivity contribution is 5.92. The van der Waals surface area contributed by atoms with Gasteiger partial charge in [-0.05, 0) is 45.9 Å². The normalized spacial score (nSPS) is 13.2. The van der Waals surface area contributed by atoms with E-state index in [1.54, 1.807) is 31.2 Å². The van der Waals surface area contributed by atoms with Crippen LogP contribution in [0.3, 0.4) is 0 Å². The first-order valence-electron chi connectivity index (χ1n) is 9.25. The van der Waals surface area contributed by atoms with Crippen molar-refractivity contribution in [2.75, 3.05) is 32.6 Å². The number of ether oxygens (including phenoxy) is 1. The lowest BCUT2D eigenvalue weighted by atomic mass is 10.1. The summed E-state index contributed by atoms with van der Waals surface area (Å²) in [7, 11) is 3.37. The Balaban J connectivity index is 2.61. The Morgan fingerprint density at radius 2 is 1.73 bits per heavy atom. The summed E-state index contributed by atoms with van der Waals surface area (Å²) in [6.07, 6.45) is 1.83. The van der Waals surface area contributed by atoms with Gasteiger partial charge in [-0.2, -0.15) is 0 Å². The van der Waals surface area contributed by atoms with Gasteiger partial charge < -0.3 is 15.0 Å². The number of rotatable bonds is 10. The molecule has 0 aliphatic carbocycles. The lowest BCUT2D eigenvalue weighted by Crippen LogP contribution is -2.49. The van der Waals surface area contributed by atoms with Crippen LogP contribution in [0.15, 0.2) is 24.3 Å². The molecule has 0 aliphatic heterocycles. The van der Waals surface area contributed by atoms with Crippen LogP contribution in [0, 0.1) is 0 Å². The quantitative estimate of drug-likeness (QED) is 0.694. The van der Waals surface area contributed by atoms with Gasteiger partial charge in [0.25, 0.3) is 0 Å². The van der Waals surface area contributed by atoms with Crippen molar-refractivity contribution >= 4 is 17.5 Å². The number of anilines is 1. The topological polar surface area (TPSA) is 61.9 Å². The highest BCUT2D eigenvalue weighted by atomic mass is 16.5. The SMILES string of the molecule is CC[C@H](C)N(C(=O)CN(C)CC(=O)Nc1cccc(OC)c1)[C@@H](C)CC. The van der Waals surface area contributed by atoms with Crippen LogP contribution >= 0.6 is 0 Å². The van der Waals surface area contributed by atoms with Crippen LogP contribution in [0.4, 0.5) is 5.69 Å². The Bertz CT molecular complexity index is 581. The number of nitrogens with zero attached hydrogens (tertiary/aromatic N) is 2. The molecule has 1 rings (SSSR count). The van der Waals surface area contributed by atoms with E-state index in [0.717, 1.165) is 12.8 Å². The van der Waals surface area contributed by atoms with Gasteiger partial charge in [0.05, 0.1) is 20.2 Å². The third-order valence-electron chi connectivity index (χ3n) is 4.59. The number of hydrogen-bond donors (Lipinski definition) is 1. The molecule has 26 heavy (non-hydrogen) atoms. The zero-order valence-corrected chi connectivity index (χ0v) is 16.9. The average molecular weight is 364 g/mol. The third-order valence-corrected chi connectivity index (χ3v) is 4.59. The van der Waals surface area contributed by atoms with Gasteiger partial charge in [-0.15, -0.1) is 0 Å². The second-order valence-electron chi connectivity index (χ2n) is 6.77. The maximum Gasteiger partial charge on any atom is 0.238 e. The van der Waals surface area contributed by atoms with Crippen LogP contribution in [0.1, 0.15) is 40.5 Å². The second-order valence-corrected chi connectivity index (χ2v) is 6.77. The van der Waals surface area contributed by atoms with Gasteiger partial charge in [-0.25, -0.2) is 0 Å². The summed E-state index contributed by atoms with van der Waals surface area (Å²) in [6, 6.07) is 7.58. The van der Waals surface area contributed by atoms with E-state index in [4.69, 9.17) is 4.74 Å². The zero-order valence-electron chi connectivity index (χ0n) is 16.9. The van der Waals surface area contributed by atoms with Crippen molar-refractivity contribution in [2.24, 2.45) is 0 Å². The molecule has 0 unspecified atom stereocenters. The van der Waals surface area contributed by atoms with Crippen LogP contribution in [-0.4, -0.2) is 60.9 Å². The molecule has 0 radical (unpaired) electrons. The van der Waals surface area contributed by atoms with E-state index in [0.29, 0.717) is 11.4 Å². The van der Waals surface area contributed by atoms with Gasteiger partial charge in [0.1, 0.15) is 5.75 Å². The maximum atomic E-state index is 12.7. The Hall–Kier alpha value is -2.08. The minimum Gasteiger partial charge on any atom is -0.497 e. The van der Waals surface area contributed by atoms with Gasteiger partial charge in [0.2, 0.25) is 11.8 Å². The predicted molar refractivity (Wildman–Crippen MR) is 105 cm³/mol. The number of nitrogens with one attached hydrogen (secondary N) is 1. The molecular weight excluding hydrogens is 330 g/mol. The smallest absolute Gasteiger partial charge is 0.238 e. The molecule has 6 nitrogen and oxygen atoms in total. The molecule has 0 spiro atoms. The Labute approximate surface area is 157 Å². The van der Waals surface area contributed by atoms with Crippen LogP contribution in [0.25, 0.3) is 0 Å². The standard InChI is InChI=1S/C20H33N3O3/c1-7-15(3)23(16(4)8-2)20(25)14-22(5)13-19(24)21-17-10-9-11-18(12-17)26-6/h9-12,15-16H,7-8,13-14H2,1-6H3,(H,21,24)/t15-,16-/m0/s1. The molecule has 0 saturated heterocycles. The molecule has 146 valence electrons. The lowest BCUT2D eigenvalue weighted by molar-refractivity contribution is -0.136. The number of likely N-dealkylation sites (N-methyl/N-ethyl adjacent to an activating group) is 1. The Morgan fingerprint density at radius 3 is 2.27 bits per heavy atom. The van der Waals surface area contributed by atoms with Crippen LogP contribution in [0.2, 0.25) is 0 Å². The third kappa shape index (κ3) is 6.67. The summed E-state index contributed by atoms with van der Waals surface area (Å²) in [5.41, 5.74) is 0.676. The molecule has 0 heterocycles. The molecule has 0 aliphatic rings. The number of amides is 2. The fraction of sp³-hybridized carbons (Fsp3) is 0.600. The average Bonchev–Trinajstić information content (AvgIpc) is 2.61. The van der Waals surface area contributed by atoms with Crippen molar-refractivity contribution in [3.05, 3.63) is 24.3 Å². The fourth-order valence-electron chi connectivity index (χ4n) is 2.83. The fourth-order valence-corrected chi connectivity index (χ4v) is 2.83. The van der Waals surface area contributed by atoms with Crippen molar-refractivity contribution in [3.8, 4) is 5.75 Å². The van der Waals surface area contributed by atoms with Crippen LogP contribution in [0.5, 0.6) is 5.75 Å². The molecule has 1 N–H and O–H groups in total. The number of carbonyl (C=O) groups excluding carboxylic acids is 2. The first-order chi connectivity index (χ1) is 12.3. The predicted octanol–water partition coefficient (Wildman–Crippen LogP) is 2.99. The van der Waals surface area contributed by atoms with Gasteiger partial charge in [0, 0.05) is 23.8 Å². The molecule has 0 bridgehead atoms. The van der Waals surface area contributed by atoms with E-state index in [1.165, 1.54) is 0 Å². The highest BCUT2D eigenvalue weighted by Crippen LogP contribution is 2.16. The Kier molecular flexibility index (Phi) is 9.13. The van der Waals surface area contributed by atoms with Crippen LogP contribution < -0.4 is 10.1 Å². The summed E-state index contributed by atoms with van der Waals surface area (Å²) >= 11 is 0. The summed E-state index contributed by atoms with van der Waals surface area (Å²) < 4.78 is 5.15. The van der Waals surface area contributed by atoms with Crippen molar-refractivity contribution in [2.45, 2.75) is 52.6 Å². The highest BCUT2D eigenvalue weighted by Gasteiger charge is 2.24. The van der Waals surface area contributed by atoms with E-state index in [9.17, 15) is 9.59 Å². The van der Waals surface area contributed by atoms with Crippen molar-refractivity contribution in [1.82, 2.24) is 9.80 Å². The van der Waals surface area contributed by atoms with E-state index >= 15 is 0 Å². The molecule has 0 saturated carbocycles. The molecule has 0 aromatic heterocycles. The summed E-state index contributed by atoms with van der Waals surface area (Å²) in [5, 5.41) is 2.83. The van der Waals surface area contributed by atoms with Crippen molar-refractivity contribution in [3.63, 3.8) is 0 Å². The minimum absolute atomic E-state index is 0.0605. The van der Waals surface area contributed by atoms with Gasteiger partial charge in [0.15, 0.2) is 0 Å². The van der Waals surface area contributed by atoms with Crippen molar-refractivity contribution in [1.29, 1.82) is 0 Å². The molecule has 0 fully saturated rings. The first-order valence-corrected chi connectivity index (χ1v) is 9.25. The van der Waals surface area contributed by atoms with E-state index in [-0.39, 0.29) is 37.0 Å². The summed E-state index contributed by atoms with van der Waals surface area (Å²) in [6.45, 7) is 8.67. The summed E-state index contributed by atoms with van der Waals surface area (Å²) in [4.78, 5) is 28.6. The molecule has 1 aromatic rings. The molecule has 2 atom stereocenters. The molecule has 2 amide bonds. The lowest BCUT2D eigenvalue weighted by Gasteiger charge is -2.35. The number of carbonyl (C=O) groups is 2. The van der Waals surface area contributed by atoms with E-state index in [1.807, 2.05) is 17.0 Å². The minimum atomic E-state index is -0.160.